The molecule has 0 radical (unpaired) electrons. The van der Waals surface area contributed by atoms with E-state index >= 15 is 0 Å². The van der Waals surface area contributed by atoms with Crippen molar-refractivity contribution in [3.8, 4) is 11.3 Å². The first kappa shape index (κ1) is 9.89. The topological polar surface area (TPSA) is 30.2 Å². The molecule has 0 saturated heterocycles. The van der Waals surface area contributed by atoms with Crippen LogP contribution in [0.5, 0.6) is 0 Å². The third kappa shape index (κ3) is 1.56. The first-order valence-electron chi connectivity index (χ1n) is 4.99. The Bertz CT molecular complexity index is 658. The van der Waals surface area contributed by atoms with E-state index in [0.717, 1.165) is 6.07 Å². The molecule has 0 saturated carbocycles. The largest absolute Gasteiger partial charge is 0.304 e. The molecule has 17 heavy (non-hydrogen) atoms. The molecule has 0 bridgehead atoms. The van der Waals surface area contributed by atoms with Crippen LogP contribution in [0, 0.1) is 11.6 Å². The van der Waals surface area contributed by atoms with Crippen molar-refractivity contribution in [2.75, 3.05) is 0 Å². The van der Waals surface area contributed by atoms with E-state index < -0.39 is 11.6 Å². The van der Waals surface area contributed by atoms with Gasteiger partial charge in [0.2, 0.25) is 0 Å². The minimum Gasteiger partial charge on any atom is -0.304 e. The molecule has 3 nitrogen and oxygen atoms in total. The van der Waals surface area contributed by atoms with Crippen LogP contribution in [0.2, 0.25) is 0 Å². The van der Waals surface area contributed by atoms with E-state index in [0.29, 0.717) is 11.3 Å². The van der Waals surface area contributed by atoms with Crippen molar-refractivity contribution in [2.24, 2.45) is 0 Å². The van der Waals surface area contributed by atoms with Gasteiger partial charge in [0.25, 0.3) is 0 Å². The lowest BCUT2D eigenvalue weighted by Gasteiger charge is -1.98. The molecule has 0 spiro atoms. The second-order valence-electron chi connectivity index (χ2n) is 3.57. The maximum Gasteiger partial charge on any atom is 0.168 e. The van der Waals surface area contributed by atoms with Crippen molar-refractivity contribution in [2.45, 2.75) is 0 Å². The summed E-state index contributed by atoms with van der Waals surface area (Å²) >= 11 is 0. The third-order valence-electron chi connectivity index (χ3n) is 2.49. The number of aromatic nitrogens is 3. The number of halogens is 2. The Labute approximate surface area is 95.4 Å². The van der Waals surface area contributed by atoms with Crippen molar-refractivity contribution in [3.05, 3.63) is 54.6 Å². The number of rotatable bonds is 1. The van der Waals surface area contributed by atoms with Gasteiger partial charge in [-0.1, -0.05) is 6.07 Å². The average Bonchev–Trinajstić information content (AvgIpc) is 2.76. The maximum absolute atomic E-state index is 13.6. The Morgan fingerprint density at radius 3 is 2.88 bits per heavy atom. The van der Waals surface area contributed by atoms with Gasteiger partial charge in [0, 0.05) is 24.2 Å². The molecule has 84 valence electrons. The van der Waals surface area contributed by atoms with Crippen molar-refractivity contribution in [3.63, 3.8) is 0 Å². The SMILES string of the molecule is Fc1cccc(-c2cn3ccncc3n2)c1F. The van der Waals surface area contributed by atoms with Crippen LogP contribution < -0.4 is 0 Å². The molecule has 0 amide bonds. The first-order valence-corrected chi connectivity index (χ1v) is 4.99. The summed E-state index contributed by atoms with van der Waals surface area (Å²) in [6.07, 6.45) is 6.49. The molecule has 2 aromatic heterocycles. The molecule has 0 aliphatic heterocycles. The van der Waals surface area contributed by atoms with E-state index in [1.165, 1.54) is 12.1 Å². The monoisotopic (exact) mass is 231 g/mol. The van der Waals surface area contributed by atoms with E-state index in [1.54, 1.807) is 29.2 Å². The Morgan fingerprint density at radius 1 is 1.18 bits per heavy atom. The summed E-state index contributed by atoms with van der Waals surface area (Å²) in [5, 5.41) is 0. The van der Waals surface area contributed by atoms with Crippen LogP contribution in [0.15, 0.2) is 43.0 Å². The maximum atomic E-state index is 13.6. The molecular formula is C12H7F2N3. The van der Waals surface area contributed by atoms with Gasteiger partial charge in [0.15, 0.2) is 17.3 Å². The molecular weight excluding hydrogens is 224 g/mol. The van der Waals surface area contributed by atoms with Crippen LogP contribution in [-0.4, -0.2) is 14.4 Å². The second-order valence-corrected chi connectivity index (χ2v) is 3.57. The van der Waals surface area contributed by atoms with E-state index in [9.17, 15) is 8.78 Å². The fourth-order valence-electron chi connectivity index (χ4n) is 1.67. The highest BCUT2D eigenvalue weighted by atomic mass is 19.2. The standard InChI is InChI=1S/C12H7F2N3/c13-9-3-1-2-8(12(9)14)10-7-17-5-4-15-6-11(17)16-10/h1-7H. The molecule has 0 aliphatic carbocycles. The summed E-state index contributed by atoms with van der Waals surface area (Å²) in [7, 11) is 0. The van der Waals surface area contributed by atoms with Gasteiger partial charge in [0.05, 0.1) is 11.9 Å². The number of benzene rings is 1. The molecule has 0 atom stereocenters. The number of hydrogen-bond acceptors (Lipinski definition) is 2. The molecule has 0 fully saturated rings. The van der Waals surface area contributed by atoms with E-state index in [2.05, 4.69) is 9.97 Å². The Morgan fingerprint density at radius 2 is 2.06 bits per heavy atom. The number of hydrogen-bond donors (Lipinski definition) is 0. The molecule has 1 aromatic carbocycles. The quantitative estimate of drug-likeness (QED) is 0.644. The zero-order valence-corrected chi connectivity index (χ0v) is 8.64. The van der Waals surface area contributed by atoms with Gasteiger partial charge in [0.1, 0.15) is 0 Å². The minimum atomic E-state index is -0.885. The van der Waals surface area contributed by atoms with Crippen molar-refractivity contribution in [1.29, 1.82) is 0 Å². The number of fused-ring (bicyclic) bond motifs is 1. The molecule has 2 heterocycles. The summed E-state index contributed by atoms with van der Waals surface area (Å²) < 4.78 is 28.4. The Kier molecular flexibility index (Phi) is 2.11. The van der Waals surface area contributed by atoms with Gasteiger partial charge < -0.3 is 4.40 Å². The molecule has 0 unspecified atom stereocenters. The highest BCUT2D eigenvalue weighted by molar-refractivity contribution is 5.62. The van der Waals surface area contributed by atoms with Gasteiger partial charge in [-0.25, -0.2) is 13.8 Å². The molecule has 3 aromatic rings. The lowest BCUT2D eigenvalue weighted by atomic mass is 10.1. The van der Waals surface area contributed by atoms with Crippen molar-refractivity contribution >= 4 is 5.65 Å². The van der Waals surface area contributed by atoms with Gasteiger partial charge >= 0.3 is 0 Å². The van der Waals surface area contributed by atoms with Crippen LogP contribution in [0.4, 0.5) is 8.78 Å². The lowest BCUT2D eigenvalue weighted by Crippen LogP contribution is -1.88. The Hall–Kier alpha value is -2.30. The summed E-state index contributed by atoms with van der Waals surface area (Å²) in [6.45, 7) is 0. The zero-order chi connectivity index (χ0) is 11.8. The van der Waals surface area contributed by atoms with Crippen LogP contribution in [0.1, 0.15) is 0 Å². The van der Waals surface area contributed by atoms with E-state index in [1.807, 2.05) is 0 Å². The molecule has 0 N–H and O–H groups in total. The Balaban J connectivity index is 2.24. The van der Waals surface area contributed by atoms with Crippen LogP contribution >= 0.6 is 0 Å². The zero-order valence-electron chi connectivity index (χ0n) is 8.64. The van der Waals surface area contributed by atoms with Gasteiger partial charge in [-0.05, 0) is 12.1 Å². The third-order valence-corrected chi connectivity index (χ3v) is 2.49. The summed E-state index contributed by atoms with van der Waals surface area (Å²) in [5.74, 6) is -1.76. The van der Waals surface area contributed by atoms with Crippen LogP contribution in [0.3, 0.4) is 0 Å². The lowest BCUT2D eigenvalue weighted by molar-refractivity contribution is 0.511. The summed E-state index contributed by atoms with van der Waals surface area (Å²) in [5.41, 5.74) is 1.12. The molecule has 3 rings (SSSR count). The van der Waals surface area contributed by atoms with Crippen molar-refractivity contribution in [1.82, 2.24) is 14.4 Å². The predicted molar refractivity (Wildman–Crippen MR) is 58.3 cm³/mol. The fraction of sp³-hybridized carbons (Fsp3) is 0. The second kappa shape index (κ2) is 3.62. The predicted octanol–water partition coefficient (Wildman–Crippen LogP) is 2.67. The first-order chi connectivity index (χ1) is 8.25. The average molecular weight is 231 g/mol. The van der Waals surface area contributed by atoms with E-state index in [-0.39, 0.29) is 5.56 Å². The summed E-state index contributed by atoms with van der Waals surface area (Å²) in [4.78, 5) is 8.09. The van der Waals surface area contributed by atoms with Crippen LogP contribution in [0.25, 0.3) is 16.9 Å². The smallest absolute Gasteiger partial charge is 0.168 e. The van der Waals surface area contributed by atoms with Gasteiger partial charge in [-0.15, -0.1) is 0 Å². The normalized spacial score (nSPS) is 10.9. The van der Waals surface area contributed by atoms with Crippen LogP contribution in [-0.2, 0) is 0 Å². The number of nitrogens with zero attached hydrogens (tertiary/aromatic N) is 3. The highest BCUT2D eigenvalue weighted by Crippen LogP contribution is 2.23. The van der Waals surface area contributed by atoms with E-state index in [4.69, 9.17) is 0 Å². The minimum absolute atomic E-state index is 0.147. The highest BCUT2D eigenvalue weighted by Gasteiger charge is 2.12. The molecule has 5 heteroatoms. The van der Waals surface area contributed by atoms with Crippen molar-refractivity contribution < 1.29 is 8.78 Å². The fourth-order valence-corrected chi connectivity index (χ4v) is 1.67. The number of imidazole rings is 1. The van der Waals surface area contributed by atoms with Gasteiger partial charge in [-0.2, -0.15) is 0 Å². The van der Waals surface area contributed by atoms with Gasteiger partial charge in [-0.3, -0.25) is 4.98 Å². The summed E-state index contributed by atoms with van der Waals surface area (Å²) in [6, 6.07) is 4.03. The molecule has 0 aliphatic rings.